The zero-order valence-electron chi connectivity index (χ0n) is 14.9. The van der Waals surface area contributed by atoms with Gasteiger partial charge in [0.25, 0.3) is 5.91 Å². The molecule has 0 radical (unpaired) electrons. The van der Waals surface area contributed by atoms with Gasteiger partial charge in [-0.25, -0.2) is 8.42 Å². The summed E-state index contributed by atoms with van der Waals surface area (Å²) in [5.74, 6) is 1.80. The van der Waals surface area contributed by atoms with Gasteiger partial charge >= 0.3 is 0 Å². The maximum absolute atomic E-state index is 12.8. The quantitative estimate of drug-likeness (QED) is 0.795. The number of thioether (sulfide) groups is 1. The molecule has 1 amide bonds. The van der Waals surface area contributed by atoms with Gasteiger partial charge in [-0.05, 0) is 29.8 Å². The van der Waals surface area contributed by atoms with E-state index >= 15 is 0 Å². The third-order valence-electron chi connectivity index (χ3n) is 4.37. The molecule has 2 aromatic carbocycles. The van der Waals surface area contributed by atoms with Crippen LogP contribution in [0.1, 0.15) is 15.9 Å². The summed E-state index contributed by atoms with van der Waals surface area (Å²) in [4.78, 5) is 15.2. The van der Waals surface area contributed by atoms with Crippen molar-refractivity contribution in [1.29, 1.82) is 0 Å². The van der Waals surface area contributed by atoms with Gasteiger partial charge in [-0.15, -0.1) is 0 Å². The summed E-state index contributed by atoms with van der Waals surface area (Å²) in [5, 5.41) is 3.10. The number of sulfone groups is 1. The molecule has 0 spiro atoms. The lowest BCUT2D eigenvalue weighted by atomic mass is 10.1. The number of rotatable bonds is 5. The lowest BCUT2D eigenvalue weighted by Gasteiger charge is -2.27. The van der Waals surface area contributed by atoms with E-state index in [1.165, 1.54) is 18.2 Å². The molecular weight excluding hydrogens is 404 g/mol. The number of amides is 1. The van der Waals surface area contributed by atoms with Crippen molar-refractivity contribution in [2.45, 2.75) is 11.4 Å². The Morgan fingerprint density at radius 1 is 1.19 bits per heavy atom. The van der Waals surface area contributed by atoms with Gasteiger partial charge in [0, 0.05) is 43.1 Å². The smallest absolute Gasteiger partial charge is 0.257 e. The molecule has 1 fully saturated rings. The van der Waals surface area contributed by atoms with Crippen LogP contribution in [0.4, 0.5) is 5.69 Å². The Morgan fingerprint density at radius 3 is 2.59 bits per heavy atom. The van der Waals surface area contributed by atoms with Crippen LogP contribution in [0.2, 0.25) is 5.02 Å². The van der Waals surface area contributed by atoms with E-state index in [-0.39, 0.29) is 15.5 Å². The van der Waals surface area contributed by atoms with Crippen LogP contribution in [0.15, 0.2) is 47.4 Å². The highest BCUT2D eigenvalue weighted by Crippen LogP contribution is 2.24. The number of halogens is 1. The standard InChI is InChI=1S/C19H21ClN2O3S2/c1-27(24,25)15-6-7-17(20)16(12-15)19(23)21-18-5-3-2-4-14(18)13-22-8-10-26-11-9-22/h2-7,12H,8-11,13H2,1H3,(H,21,23). The molecular formula is C19H21ClN2O3S2. The summed E-state index contributed by atoms with van der Waals surface area (Å²) >= 11 is 8.09. The number of hydrogen-bond acceptors (Lipinski definition) is 5. The lowest BCUT2D eigenvalue weighted by Crippen LogP contribution is -2.32. The van der Waals surface area contributed by atoms with Gasteiger partial charge in [-0.2, -0.15) is 11.8 Å². The minimum atomic E-state index is -3.42. The number of nitrogens with one attached hydrogen (secondary N) is 1. The molecule has 8 heteroatoms. The van der Waals surface area contributed by atoms with E-state index in [1.54, 1.807) is 0 Å². The second kappa shape index (κ2) is 8.65. The largest absolute Gasteiger partial charge is 0.322 e. The Kier molecular flexibility index (Phi) is 6.47. The van der Waals surface area contributed by atoms with E-state index in [0.717, 1.165) is 43.0 Å². The van der Waals surface area contributed by atoms with Gasteiger partial charge in [0.1, 0.15) is 0 Å². The number of carbonyl (C=O) groups is 1. The van der Waals surface area contributed by atoms with Crippen molar-refractivity contribution in [3.05, 3.63) is 58.6 Å². The molecule has 5 nitrogen and oxygen atoms in total. The zero-order chi connectivity index (χ0) is 19.4. The van der Waals surface area contributed by atoms with Gasteiger partial charge in [0.05, 0.1) is 15.5 Å². The van der Waals surface area contributed by atoms with E-state index in [4.69, 9.17) is 11.6 Å². The molecule has 0 atom stereocenters. The number of carbonyl (C=O) groups excluding carboxylic acids is 1. The number of nitrogens with zero attached hydrogens (tertiary/aromatic N) is 1. The second-order valence-electron chi connectivity index (χ2n) is 6.41. The summed E-state index contributed by atoms with van der Waals surface area (Å²) in [5.41, 5.74) is 1.87. The Morgan fingerprint density at radius 2 is 1.89 bits per heavy atom. The van der Waals surface area contributed by atoms with E-state index in [9.17, 15) is 13.2 Å². The van der Waals surface area contributed by atoms with Crippen molar-refractivity contribution in [3.63, 3.8) is 0 Å². The molecule has 2 aromatic rings. The minimum absolute atomic E-state index is 0.0659. The fourth-order valence-electron chi connectivity index (χ4n) is 2.88. The highest BCUT2D eigenvalue weighted by atomic mass is 35.5. The van der Waals surface area contributed by atoms with E-state index < -0.39 is 15.7 Å². The third-order valence-corrected chi connectivity index (χ3v) is 6.76. The summed E-state index contributed by atoms with van der Waals surface area (Å²) in [6, 6.07) is 11.8. The van der Waals surface area contributed by atoms with Gasteiger partial charge in [-0.3, -0.25) is 9.69 Å². The van der Waals surface area contributed by atoms with Crippen LogP contribution in [0.25, 0.3) is 0 Å². The molecule has 0 aromatic heterocycles. The maximum atomic E-state index is 12.8. The molecule has 0 unspecified atom stereocenters. The van der Waals surface area contributed by atoms with Crippen molar-refractivity contribution in [1.82, 2.24) is 4.90 Å². The second-order valence-corrected chi connectivity index (χ2v) is 10.1. The van der Waals surface area contributed by atoms with Crippen LogP contribution < -0.4 is 5.32 Å². The number of anilines is 1. The molecule has 1 heterocycles. The molecule has 1 aliphatic rings. The van der Waals surface area contributed by atoms with Crippen LogP contribution in [0.5, 0.6) is 0 Å². The number of benzene rings is 2. The van der Waals surface area contributed by atoms with Gasteiger partial charge in [0.15, 0.2) is 9.84 Å². The van der Waals surface area contributed by atoms with Crippen molar-refractivity contribution in [3.8, 4) is 0 Å². The predicted molar refractivity (Wildman–Crippen MR) is 112 cm³/mol. The van der Waals surface area contributed by atoms with Crippen LogP contribution in [-0.4, -0.2) is 50.1 Å². The first-order valence-electron chi connectivity index (χ1n) is 8.53. The molecule has 0 saturated carbocycles. The van der Waals surface area contributed by atoms with Crippen LogP contribution in [0, 0.1) is 0 Å². The van der Waals surface area contributed by atoms with Crippen molar-refractivity contribution in [2.75, 3.05) is 36.2 Å². The Bertz CT molecular complexity index is 942. The lowest BCUT2D eigenvalue weighted by molar-refractivity contribution is 0.102. The fraction of sp³-hybridized carbons (Fsp3) is 0.316. The first-order valence-corrected chi connectivity index (χ1v) is 12.0. The molecule has 1 saturated heterocycles. The molecule has 144 valence electrons. The van der Waals surface area contributed by atoms with Crippen molar-refractivity contribution in [2.24, 2.45) is 0 Å². The normalized spacial score (nSPS) is 15.5. The van der Waals surface area contributed by atoms with E-state index in [0.29, 0.717) is 5.69 Å². The fourth-order valence-corrected chi connectivity index (χ4v) is 4.71. The Labute approximate surface area is 169 Å². The maximum Gasteiger partial charge on any atom is 0.257 e. The average Bonchev–Trinajstić information content (AvgIpc) is 2.63. The highest BCUT2D eigenvalue weighted by Gasteiger charge is 2.18. The summed E-state index contributed by atoms with van der Waals surface area (Å²) in [6.45, 7) is 2.80. The summed E-state index contributed by atoms with van der Waals surface area (Å²) in [6.07, 6.45) is 1.10. The predicted octanol–water partition coefficient (Wildman–Crippen LogP) is 3.54. The Balaban J connectivity index is 1.82. The molecule has 3 rings (SSSR count). The van der Waals surface area contributed by atoms with Crippen LogP contribution >= 0.6 is 23.4 Å². The SMILES string of the molecule is CS(=O)(=O)c1ccc(Cl)c(C(=O)Nc2ccccc2CN2CCSCC2)c1. The highest BCUT2D eigenvalue weighted by molar-refractivity contribution is 7.99. The van der Waals surface area contributed by atoms with E-state index in [2.05, 4.69) is 10.2 Å². The van der Waals surface area contributed by atoms with Gasteiger partial charge in [0.2, 0.25) is 0 Å². The minimum Gasteiger partial charge on any atom is -0.322 e. The monoisotopic (exact) mass is 424 g/mol. The van der Waals surface area contributed by atoms with Crippen LogP contribution in [0.3, 0.4) is 0 Å². The zero-order valence-corrected chi connectivity index (χ0v) is 17.3. The van der Waals surface area contributed by atoms with Crippen molar-refractivity contribution < 1.29 is 13.2 Å². The first-order chi connectivity index (χ1) is 12.8. The molecule has 0 aliphatic carbocycles. The average molecular weight is 425 g/mol. The number of hydrogen-bond donors (Lipinski definition) is 1. The summed E-state index contributed by atoms with van der Waals surface area (Å²) in [7, 11) is -3.42. The molecule has 27 heavy (non-hydrogen) atoms. The summed E-state index contributed by atoms with van der Waals surface area (Å²) < 4.78 is 23.5. The molecule has 1 N–H and O–H groups in total. The number of para-hydroxylation sites is 1. The van der Waals surface area contributed by atoms with Crippen molar-refractivity contribution >= 4 is 44.8 Å². The van der Waals surface area contributed by atoms with Crippen LogP contribution in [-0.2, 0) is 16.4 Å². The van der Waals surface area contributed by atoms with E-state index in [1.807, 2.05) is 36.0 Å². The molecule has 1 aliphatic heterocycles. The first kappa shape index (κ1) is 20.2. The van der Waals surface area contributed by atoms with Gasteiger partial charge in [-0.1, -0.05) is 29.8 Å². The Hall–Kier alpha value is -1.54. The third kappa shape index (κ3) is 5.25. The topological polar surface area (TPSA) is 66.5 Å². The molecule has 0 bridgehead atoms. The van der Waals surface area contributed by atoms with Gasteiger partial charge < -0.3 is 5.32 Å².